The fraction of sp³-hybridized carbons (Fsp3) is 0.333. The maximum absolute atomic E-state index is 12.9. The van der Waals surface area contributed by atoms with Gasteiger partial charge in [0.25, 0.3) is 0 Å². The van der Waals surface area contributed by atoms with Crippen molar-refractivity contribution in [3.05, 3.63) is 34.1 Å². The van der Waals surface area contributed by atoms with Gasteiger partial charge in [0.05, 0.1) is 23.2 Å². The van der Waals surface area contributed by atoms with E-state index in [0.717, 1.165) is 6.07 Å². The van der Waals surface area contributed by atoms with E-state index in [9.17, 15) is 17.6 Å². The van der Waals surface area contributed by atoms with Gasteiger partial charge in [0.15, 0.2) is 0 Å². The Bertz CT molecular complexity index is 394. The van der Waals surface area contributed by atoms with Crippen molar-refractivity contribution in [2.24, 2.45) is 5.73 Å². The van der Waals surface area contributed by atoms with Crippen molar-refractivity contribution in [2.45, 2.75) is 12.2 Å². The summed E-state index contributed by atoms with van der Waals surface area (Å²) in [5, 5.41) is 8.03. The van der Waals surface area contributed by atoms with Gasteiger partial charge in [0, 0.05) is 0 Å². The molecular weight excluding hydrogens is 250 g/mol. The molecule has 3 N–H and O–H groups in total. The molecule has 0 aliphatic carbocycles. The lowest BCUT2D eigenvalue weighted by molar-refractivity contribution is -0.137. The van der Waals surface area contributed by atoms with Gasteiger partial charge in [-0.05, 0) is 17.7 Å². The van der Waals surface area contributed by atoms with Gasteiger partial charge in [-0.25, -0.2) is 4.39 Å². The van der Waals surface area contributed by atoms with Crippen molar-refractivity contribution in [1.82, 2.24) is 0 Å². The highest BCUT2D eigenvalue weighted by atomic mass is 35.5. The number of hydrogen-bond acceptors (Lipinski definition) is 2. The number of halogens is 5. The van der Waals surface area contributed by atoms with Gasteiger partial charge in [0.1, 0.15) is 5.82 Å². The molecule has 0 spiro atoms. The van der Waals surface area contributed by atoms with E-state index in [1.807, 2.05) is 0 Å². The molecule has 0 aliphatic heterocycles. The van der Waals surface area contributed by atoms with Crippen LogP contribution in [0, 0.1) is 5.82 Å². The standard InChI is InChI=1S/C9H8ClF4NO/c10-8-5(7(15)3-16)1-4(11)2-6(8)9(12,13)14/h1-2,7,16H,3,15H2/t7-/m0/s1. The molecule has 0 amide bonds. The minimum Gasteiger partial charge on any atom is -0.394 e. The molecule has 0 aliphatic rings. The highest BCUT2D eigenvalue weighted by molar-refractivity contribution is 6.32. The Morgan fingerprint density at radius 3 is 2.38 bits per heavy atom. The molecule has 1 aromatic rings. The van der Waals surface area contributed by atoms with Crippen LogP contribution in [-0.4, -0.2) is 11.7 Å². The predicted octanol–water partition coefficient (Wildman–Crippen LogP) is 2.49. The van der Waals surface area contributed by atoms with Gasteiger partial charge >= 0.3 is 6.18 Å². The van der Waals surface area contributed by atoms with Crippen LogP contribution in [0.2, 0.25) is 5.02 Å². The molecule has 0 aromatic heterocycles. The lowest BCUT2D eigenvalue weighted by Gasteiger charge is -2.16. The van der Waals surface area contributed by atoms with Crippen molar-refractivity contribution in [3.63, 3.8) is 0 Å². The summed E-state index contributed by atoms with van der Waals surface area (Å²) < 4.78 is 50.2. The summed E-state index contributed by atoms with van der Waals surface area (Å²) in [5.74, 6) is -1.10. The number of aliphatic hydroxyl groups is 1. The van der Waals surface area contributed by atoms with Crippen LogP contribution in [0.5, 0.6) is 0 Å². The predicted molar refractivity (Wildman–Crippen MR) is 50.4 cm³/mol. The lowest BCUT2D eigenvalue weighted by Crippen LogP contribution is -2.17. The first-order valence-corrected chi connectivity index (χ1v) is 4.57. The van der Waals surface area contributed by atoms with Crippen LogP contribution < -0.4 is 5.73 Å². The van der Waals surface area contributed by atoms with E-state index in [2.05, 4.69) is 0 Å². The molecule has 1 rings (SSSR count). The Morgan fingerprint density at radius 2 is 1.94 bits per heavy atom. The lowest BCUT2D eigenvalue weighted by atomic mass is 10.0. The van der Waals surface area contributed by atoms with E-state index in [1.54, 1.807) is 0 Å². The van der Waals surface area contributed by atoms with Crippen molar-refractivity contribution in [3.8, 4) is 0 Å². The Morgan fingerprint density at radius 1 is 1.38 bits per heavy atom. The summed E-state index contributed by atoms with van der Waals surface area (Å²) in [6.45, 7) is -0.625. The van der Waals surface area contributed by atoms with Crippen molar-refractivity contribution in [1.29, 1.82) is 0 Å². The van der Waals surface area contributed by atoms with Gasteiger partial charge in [-0.15, -0.1) is 0 Å². The highest BCUT2D eigenvalue weighted by Crippen LogP contribution is 2.38. The van der Waals surface area contributed by atoms with Crippen LogP contribution in [0.3, 0.4) is 0 Å². The van der Waals surface area contributed by atoms with Crippen molar-refractivity contribution in [2.75, 3.05) is 6.61 Å². The third-order valence-corrected chi connectivity index (χ3v) is 2.39. The van der Waals surface area contributed by atoms with Gasteiger partial charge in [0.2, 0.25) is 0 Å². The van der Waals surface area contributed by atoms with Crippen LogP contribution in [0.15, 0.2) is 12.1 Å². The van der Waals surface area contributed by atoms with E-state index in [4.69, 9.17) is 22.4 Å². The zero-order valence-electron chi connectivity index (χ0n) is 7.85. The number of hydrogen-bond donors (Lipinski definition) is 2. The molecule has 1 atom stereocenters. The van der Waals surface area contributed by atoms with Crippen molar-refractivity contribution >= 4 is 11.6 Å². The number of rotatable bonds is 2. The zero-order chi connectivity index (χ0) is 12.5. The molecule has 1 aromatic carbocycles. The normalized spacial score (nSPS) is 13.9. The molecule has 0 heterocycles. The quantitative estimate of drug-likeness (QED) is 0.800. The second kappa shape index (κ2) is 4.57. The van der Waals surface area contributed by atoms with E-state index in [-0.39, 0.29) is 11.6 Å². The van der Waals surface area contributed by atoms with Gasteiger partial charge in [-0.3, -0.25) is 0 Å². The molecule has 2 nitrogen and oxygen atoms in total. The number of alkyl halides is 3. The molecule has 0 saturated carbocycles. The molecule has 0 saturated heterocycles. The molecular formula is C9H8ClF4NO. The maximum atomic E-state index is 12.9. The minimum absolute atomic E-state index is 0.267. The summed E-state index contributed by atoms with van der Waals surface area (Å²) in [4.78, 5) is 0. The van der Waals surface area contributed by atoms with Crippen LogP contribution in [0.1, 0.15) is 17.2 Å². The summed E-state index contributed by atoms with van der Waals surface area (Å²) >= 11 is 5.46. The van der Waals surface area contributed by atoms with E-state index in [1.165, 1.54) is 0 Å². The fourth-order valence-electron chi connectivity index (χ4n) is 1.18. The first kappa shape index (κ1) is 13.2. The highest BCUT2D eigenvalue weighted by Gasteiger charge is 2.35. The smallest absolute Gasteiger partial charge is 0.394 e. The van der Waals surface area contributed by atoms with Crippen molar-refractivity contribution < 1.29 is 22.7 Å². The van der Waals surface area contributed by atoms with Crippen LogP contribution in [0.25, 0.3) is 0 Å². The minimum atomic E-state index is -4.76. The molecule has 0 bridgehead atoms. The average molecular weight is 258 g/mol. The number of nitrogens with two attached hydrogens (primary N) is 1. The first-order valence-electron chi connectivity index (χ1n) is 4.20. The monoisotopic (exact) mass is 257 g/mol. The van der Waals surface area contributed by atoms with E-state index >= 15 is 0 Å². The number of benzene rings is 1. The van der Waals surface area contributed by atoms with Crippen LogP contribution in [-0.2, 0) is 6.18 Å². The summed E-state index contributed by atoms with van der Waals surface area (Å²) in [6, 6.07) is -0.0849. The third-order valence-electron chi connectivity index (χ3n) is 1.97. The molecule has 0 unspecified atom stereocenters. The van der Waals surface area contributed by atoms with Crippen LogP contribution >= 0.6 is 11.6 Å². The molecule has 90 valence electrons. The van der Waals surface area contributed by atoms with E-state index in [0.29, 0.717) is 0 Å². The largest absolute Gasteiger partial charge is 0.417 e. The Balaban J connectivity index is 3.38. The topological polar surface area (TPSA) is 46.2 Å². The Labute approximate surface area is 93.6 Å². The average Bonchev–Trinajstić information content (AvgIpc) is 2.18. The number of aliphatic hydroxyl groups excluding tert-OH is 1. The molecule has 0 radical (unpaired) electrons. The second-order valence-electron chi connectivity index (χ2n) is 3.14. The first-order chi connectivity index (χ1) is 7.27. The molecule has 16 heavy (non-hydrogen) atoms. The second-order valence-corrected chi connectivity index (χ2v) is 3.52. The van der Waals surface area contributed by atoms with Gasteiger partial charge in [-0.1, -0.05) is 11.6 Å². The molecule has 7 heteroatoms. The van der Waals surface area contributed by atoms with Crippen LogP contribution in [0.4, 0.5) is 17.6 Å². The fourth-order valence-corrected chi connectivity index (χ4v) is 1.54. The summed E-state index contributed by atoms with van der Waals surface area (Å²) in [5.41, 5.74) is 3.74. The Hall–Kier alpha value is -0.850. The SMILES string of the molecule is N[C@@H](CO)c1cc(F)cc(C(F)(F)F)c1Cl. The summed E-state index contributed by atoms with van der Waals surface area (Å²) in [6.07, 6.45) is -4.76. The van der Waals surface area contributed by atoms with Gasteiger partial charge in [-0.2, -0.15) is 13.2 Å². The van der Waals surface area contributed by atoms with Gasteiger partial charge < -0.3 is 10.8 Å². The molecule has 0 fully saturated rings. The van der Waals surface area contributed by atoms with E-state index < -0.39 is 35.2 Å². The zero-order valence-corrected chi connectivity index (χ0v) is 8.61. The maximum Gasteiger partial charge on any atom is 0.417 e. The summed E-state index contributed by atoms with van der Waals surface area (Å²) in [7, 11) is 0. The third kappa shape index (κ3) is 2.63. The Kier molecular flexibility index (Phi) is 3.77.